The van der Waals surface area contributed by atoms with Gasteiger partial charge in [0.1, 0.15) is 5.69 Å². The van der Waals surface area contributed by atoms with Gasteiger partial charge in [-0.1, -0.05) is 11.6 Å². The van der Waals surface area contributed by atoms with Gasteiger partial charge < -0.3 is 9.80 Å². The third-order valence-corrected chi connectivity index (χ3v) is 5.14. The van der Waals surface area contributed by atoms with E-state index in [1.54, 1.807) is 41.0 Å². The third kappa shape index (κ3) is 4.60. The summed E-state index contributed by atoms with van der Waals surface area (Å²) in [5, 5.41) is 0.446. The van der Waals surface area contributed by atoms with Gasteiger partial charge >= 0.3 is 0 Å². The SMILES string of the molecule is Cc1cc(C(=O)N2CCN(C(=O)c3cc(Cl)ccn3)CC2)ccc1N[SH](=O)=O. The fraction of sp³-hybridized carbons (Fsp3) is 0.278. The smallest absolute Gasteiger partial charge is 0.272 e. The molecule has 2 heterocycles. The van der Waals surface area contributed by atoms with Crippen LogP contribution in [-0.2, 0) is 10.9 Å². The Morgan fingerprint density at radius 3 is 2.25 bits per heavy atom. The molecular formula is C18H19ClN4O4S. The molecule has 1 aliphatic rings. The van der Waals surface area contributed by atoms with E-state index in [-0.39, 0.29) is 17.5 Å². The molecule has 0 saturated carbocycles. The van der Waals surface area contributed by atoms with Crippen LogP contribution in [0.15, 0.2) is 36.5 Å². The minimum atomic E-state index is -2.76. The molecule has 0 spiro atoms. The van der Waals surface area contributed by atoms with Crippen molar-refractivity contribution in [1.82, 2.24) is 14.8 Å². The minimum absolute atomic E-state index is 0.158. The van der Waals surface area contributed by atoms with Gasteiger partial charge in [0.15, 0.2) is 0 Å². The number of halogens is 1. The number of rotatable bonds is 4. The molecule has 1 N–H and O–H groups in total. The van der Waals surface area contributed by atoms with Gasteiger partial charge in [-0.2, -0.15) is 0 Å². The molecule has 0 atom stereocenters. The van der Waals surface area contributed by atoms with Crippen LogP contribution in [0.1, 0.15) is 26.4 Å². The number of thiol groups is 1. The molecule has 0 unspecified atom stereocenters. The number of nitrogens with zero attached hydrogens (tertiary/aromatic N) is 3. The number of carbonyl (C=O) groups excluding carboxylic acids is 2. The lowest BCUT2D eigenvalue weighted by molar-refractivity contribution is 0.0532. The van der Waals surface area contributed by atoms with Crippen molar-refractivity contribution in [3.8, 4) is 0 Å². The summed E-state index contributed by atoms with van der Waals surface area (Å²) in [4.78, 5) is 32.6. The average molecular weight is 423 g/mol. The van der Waals surface area contributed by atoms with Gasteiger partial charge in [-0.15, -0.1) is 0 Å². The molecule has 1 saturated heterocycles. The lowest BCUT2D eigenvalue weighted by Gasteiger charge is -2.34. The predicted octanol–water partition coefficient (Wildman–Crippen LogP) is 1.58. The first kappa shape index (κ1) is 20.1. The van der Waals surface area contributed by atoms with Crippen LogP contribution in [0.3, 0.4) is 0 Å². The summed E-state index contributed by atoms with van der Waals surface area (Å²) in [5.41, 5.74) is 1.85. The number of nitrogens with one attached hydrogen (secondary N) is 1. The second kappa shape index (κ2) is 8.57. The number of anilines is 1. The number of pyridine rings is 1. The molecule has 1 aliphatic heterocycles. The Bertz CT molecular complexity index is 979. The van der Waals surface area contributed by atoms with E-state index >= 15 is 0 Å². The lowest BCUT2D eigenvalue weighted by Crippen LogP contribution is -2.50. The first-order chi connectivity index (χ1) is 13.3. The van der Waals surface area contributed by atoms with Crippen molar-refractivity contribution in [3.05, 3.63) is 58.4 Å². The maximum atomic E-state index is 12.7. The van der Waals surface area contributed by atoms with Gasteiger partial charge in [-0.3, -0.25) is 19.3 Å². The van der Waals surface area contributed by atoms with Crippen molar-refractivity contribution in [1.29, 1.82) is 0 Å². The van der Waals surface area contributed by atoms with Gasteiger partial charge in [-0.25, -0.2) is 8.42 Å². The molecule has 3 rings (SSSR count). The van der Waals surface area contributed by atoms with Crippen LogP contribution in [-0.4, -0.2) is 61.2 Å². The molecule has 148 valence electrons. The minimum Gasteiger partial charge on any atom is -0.335 e. The van der Waals surface area contributed by atoms with Crippen LogP contribution in [0.25, 0.3) is 0 Å². The van der Waals surface area contributed by atoms with E-state index in [9.17, 15) is 18.0 Å². The normalized spacial score (nSPS) is 14.2. The van der Waals surface area contributed by atoms with Crippen molar-refractivity contribution in [3.63, 3.8) is 0 Å². The van der Waals surface area contributed by atoms with E-state index in [0.29, 0.717) is 48.0 Å². The standard InChI is InChI=1S/C18H19ClN4O4S/c1-12-10-13(2-3-15(12)21-28(26)27)17(24)22-6-8-23(9-7-22)18(25)16-11-14(19)4-5-20-16/h2-5,10-11,28H,6-9H2,1H3,(H,21,26,27). The molecule has 0 aliphatic carbocycles. The topological polar surface area (TPSA) is 99.7 Å². The van der Waals surface area contributed by atoms with E-state index in [2.05, 4.69) is 9.71 Å². The van der Waals surface area contributed by atoms with E-state index in [1.807, 2.05) is 0 Å². The number of piperazine rings is 1. The highest BCUT2D eigenvalue weighted by atomic mass is 35.5. The molecule has 10 heteroatoms. The zero-order valence-electron chi connectivity index (χ0n) is 15.1. The summed E-state index contributed by atoms with van der Waals surface area (Å²) < 4.78 is 23.9. The second-order valence-electron chi connectivity index (χ2n) is 6.34. The fourth-order valence-corrected chi connectivity index (χ4v) is 3.61. The summed E-state index contributed by atoms with van der Waals surface area (Å²) in [6, 6.07) is 7.93. The van der Waals surface area contributed by atoms with Gasteiger partial charge in [0.2, 0.25) is 10.9 Å². The maximum absolute atomic E-state index is 12.7. The third-order valence-electron chi connectivity index (χ3n) is 4.48. The van der Waals surface area contributed by atoms with Crippen LogP contribution in [0, 0.1) is 6.92 Å². The largest absolute Gasteiger partial charge is 0.335 e. The Hall–Kier alpha value is -2.65. The summed E-state index contributed by atoms with van der Waals surface area (Å²) >= 11 is 5.91. The Morgan fingerprint density at radius 2 is 1.68 bits per heavy atom. The van der Waals surface area contributed by atoms with Crippen LogP contribution >= 0.6 is 11.6 Å². The molecule has 8 nitrogen and oxygen atoms in total. The van der Waals surface area contributed by atoms with Crippen molar-refractivity contribution in [2.24, 2.45) is 0 Å². The van der Waals surface area contributed by atoms with Crippen molar-refractivity contribution < 1.29 is 18.0 Å². The fourth-order valence-electron chi connectivity index (χ4n) is 3.00. The Kier molecular flexibility index (Phi) is 6.15. The number of benzene rings is 1. The van der Waals surface area contributed by atoms with Crippen LogP contribution in [0.2, 0.25) is 5.02 Å². The zero-order valence-corrected chi connectivity index (χ0v) is 16.7. The second-order valence-corrected chi connectivity index (χ2v) is 7.52. The molecule has 1 aromatic carbocycles. The predicted molar refractivity (Wildman–Crippen MR) is 106 cm³/mol. The Labute approximate surface area is 169 Å². The number of hydrogen-bond donors (Lipinski definition) is 2. The lowest BCUT2D eigenvalue weighted by atomic mass is 10.1. The molecule has 1 fully saturated rings. The first-order valence-electron chi connectivity index (χ1n) is 8.57. The molecular weight excluding hydrogens is 404 g/mol. The number of aromatic nitrogens is 1. The van der Waals surface area contributed by atoms with Crippen molar-refractivity contribution in [2.45, 2.75) is 6.92 Å². The highest BCUT2D eigenvalue weighted by Crippen LogP contribution is 2.19. The molecule has 1 aromatic heterocycles. The number of aryl methyl sites for hydroxylation is 1. The maximum Gasteiger partial charge on any atom is 0.272 e. The average Bonchev–Trinajstić information content (AvgIpc) is 2.68. The van der Waals surface area contributed by atoms with E-state index in [0.717, 1.165) is 0 Å². The summed E-state index contributed by atoms with van der Waals surface area (Å²) in [6.45, 7) is 3.32. The molecule has 0 radical (unpaired) electrons. The van der Waals surface area contributed by atoms with Gasteiger partial charge in [0.05, 0.1) is 5.69 Å². The van der Waals surface area contributed by atoms with Gasteiger partial charge in [0, 0.05) is 43.0 Å². The highest BCUT2D eigenvalue weighted by Gasteiger charge is 2.26. The van der Waals surface area contributed by atoms with Crippen LogP contribution in [0.4, 0.5) is 5.69 Å². The number of carbonyl (C=O) groups is 2. The van der Waals surface area contributed by atoms with E-state index < -0.39 is 10.9 Å². The summed E-state index contributed by atoms with van der Waals surface area (Å²) in [7, 11) is -2.76. The molecule has 2 aromatic rings. The summed E-state index contributed by atoms with van der Waals surface area (Å²) in [5.74, 6) is -0.373. The van der Waals surface area contributed by atoms with Crippen molar-refractivity contribution >= 4 is 40.0 Å². The molecule has 2 amide bonds. The molecule has 28 heavy (non-hydrogen) atoms. The molecule has 0 bridgehead atoms. The van der Waals surface area contributed by atoms with Gasteiger partial charge in [0.25, 0.3) is 11.8 Å². The quantitative estimate of drug-likeness (QED) is 0.729. The van der Waals surface area contributed by atoms with E-state index in [4.69, 9.17) is 11.6 Å². The first-order valence-corrected chi connectivity index (χ1v) is 10.1. The number of amides is 2. The Morgan fingerprint density at radius 1 is 1.04 bits per heavy atom. The summed E-state index contributed by atoms with van der Waals surface area (Å²) in [6.07, 6.45) is 1.49. The zero-order chi connectivity index (χ0) is 20.3. The Balaban J connectivity index is 1.63. The van der Waals surface area contributed by atoms with Crippen LogP contribution in [0.5, 0.6) is 0 Å². The monoisotopic (exact) mass is 422 g/mol. The van der Waals surface area contributed by atoms with E-state index in [1.165, 1.54) is 12.3 Å². The van der Waals surface area contributed by atoms with Gasteiger partial charge in [-0.05, 0) is 42.8 Å². The highest BCUT2D eigenvalue weighted by molar-refractivity contribution is 7.73. The van der Waals surface area contributed by atoms with Crippen molar-refractivity contribution in [2.75, 3.05) is 30.9 Å². The number of hydrogen-bond acceptors (Lipinski definition) is 5. The van der Waals surface area contributed by atoms with Crippen LogP contribution < -0.4 is 4.72 Å².